The number of rotatable bonds is 9. The number of carbonyl (C=O) groups excluding carboxylic acids is 2. The number of hydrogen-bond donors (Lipinski definition) is 1. The number of benzene rings is 1. The summed E-state index contributed by atoms with van der Waals surface area (Å²) in [5, 5.41) is 10.4. The van der Waals surface area contributed by atoms with Crippen molar-refractivity contribution < 1.29 is 28.7 Å². The number of hydrogen-bond acceptors (Lipinski definition) is 8. The van der Waals surface area contributed by atoms with Crippen LogP contribution in [-0.2, 0) is 27.1 Å². The van der Waals surface area contributed by atoms with Crippen molar-refractivity contribution >= 4 is 30.2 Å². The van der Waals surface area contributed by atoms with Crippen molar-refractivity contribution in [2.45, 2.75) is 31.5 Å². The zero-order chi connectivity index (χ0) is 19.9. The van der Waals surface area contributed by atoms with Crippen molar-refractivity contribution in [3.8, 4) is 5.75 Å². The Kier molecular flexibility index (Phi) is 7.19. The summed E-state index contributed by atoms with van der Waals surface area (Å²) in [7, 11) is 0.379. The SMILES string of the molecule is COCCOC(=O)c1cccc2c1OB(O)[C@@H](CC(=O)CCc1cncs1)C2. The molecular weight excluding hydrogens is 381 g/mol. The molecule has 148 valence electrons. The average Bonchev–Trinajstić information content (AvgIpc) is 3.20. The fourth-order valence-electron chi connectivity index (χ4n) is 3.14. The van der Waals surface area contributed by atoms with Crippen LogP contribution in [0.5, 0.6) is 5.75 Å². The van der Waals surface area contributed by atoms with Gasteiger partial charge >= 0.3 is 13.1 Å². The van der Waals surface area contributed by atoms with E-state index in [0.717, 1.165) is 10.4 Å². The van der Waals surface area contributed by atoms with Gasteiger partial charge in [-0.05, 0) is 24.5 Å². The summed E-state index contributed by atoms with van der Waals surface area (Å²) in [6.45, 7) is 0.439. The molecule has 1 aliphatic rings. The van der Waals surface area contributed by atoms with Crippen molar-refractivity contribution in [1.29, 1.82) is 0 Å². The molecule has 1 aromatic heterocycles. The van der Waals surface area contributed by atoms with E-state index in [9.17, 15) is 14.6 Å². The molecule has 2 aromatic rings. The molecule has 2 heterocycles. The molecule has 0 unspecified atom stereocenters. The second-order valence-corrected chi connectivity index (χ2v) is 7.58. The predicted octanol–water partition coefficient (Wildman–Crippen LogP) is 2.32. The van der Waals surface area contributed by atoms with E-state index in [1.165, 1.54) is 18.4 Å². The van der Waals surface area contributed by atoms with Gasteiger partial charge in [-0.3, -0.25) is 9.78 Å². The first-order valence-electron chi connectivity index (χ1n) is 9.10. The molecular formula is C19H22BNO6S. The van der Waals surface area contributed by atoms with Crippen LogP contribution in [0.1, 0.15) is 33.6 Å². The number of thiazole rings is 1. The average molecular weight is 403 g/mol. The number of methoxy groups -OCH3 is 1. The second-order valence-electron chi connectivity index (χ2n) is 6.61. The minimum Gasteiger partial charge on any atom is -0.535 e. The summed E-state index contributed by atoms with van der Waals surface area (Å²) in [4.78, 5) is 29.6. The van der Waals surface area contributed by atoms with Crippen LogP contribution in [0, 0.1) is 0 Å². The van der Waals surface area contributed by atoms with Gasteiger partial charge in [0.1, 0.15) is 23.7 Å². The Morgan fingerprint density at radius 2 is 2.25 bits per heavy atom. The van der Waals surface area contributed by atoms with E-state index in [4.69, 9.17) is 14.1 Å². The predicted molar refractivity (Wildman–Crippen MR) is 105 cm³/mol. The van der Waals surface area contributed by atoms with Crippen LogP contribution in [0.3, 0.4) is 0 Å². The molecule has 0 saturated heterocycles. The lowest BCUT2D eigenvalue weighted by Gasteiger charge is -2.28. The van der Waals surface area contributed by atoms with E-state index in [-0.39, 0.29) is 30.2 Å². The van der Waals surface area contributed by atoms with Crippen LogP contribution in [-0.4, -0.2) is 49.2 Å². The number of fused-ring (bicyclic) bond motifs is 1. The van der Waals surface area contributed by atoms with Crippen molar-refractivity contribution in [1.82, 2.24) is 4.98 Å². The van der Waals surface area contributed by atoms with Crippen molar-refractivity contribution in [2.75, 3.05) is 20.3 Å². The summed E-state index contributed by atoms with van der Waals surface area (Å²) < 4.78 is 15.6. The van der Waals surface area contributed by atoms with Gasteiger partial charge in [-0.1, -0.05) is 12.1 Å². The first kappa shape index (κ1) is 20.5. The second kappa shape index (κ2) is 9.81. The fraction of sp³-hybridized carbons (Fsp3) is 0.421. The van der Waals surface area contributed by atoms with Gasteiger partial charge in [-0.25, -0.2) is 4.79 Å². The lowest BCUT2D eigenvalue weighted by molar-refractivity contribution is -0.119. The van der Waals surface area contributed by atoms with Crippen LogP contribution in [0.2, 0.25) is 5.82 Å². The van der Waals surface area contributed by atoms with Gasteiger partial charge in [0.15, 0.2) is 0 Å². The lowest BCUT2D eigenvalue weighted by atomic mass is 9.64. The Balaban J connectivity index is 1.61. The molecule has 1 aliphatic heterocycles. The molecule has 28 heavy (non-hydrogen) atoms. The molecule has 0 spiro atoms. The minimum atomic E-state index is -1.15. The highest BCUT2D eigenvalue weighted by Gasteiger charge is 2.37. The topological polar surface area (TPSA) is 95.0 Å². The maximum atomic E-state index is 12.3. The number of para-hydroxylation sites is 1. The maximum absolute atomic E-state index is 12.3. The lowest BCUT2D eigenvalue weighted by Crippen LogP contribution is -2.36. The third-order valence-electron chi connectivity index (χ3n) is 4.58. The van der Waals surface area contributed by atoms with Crippen LogP contribution in [0.4, 0.5) is 0 Å². The number of aromatic nitrogens is 1. The normalized spacial score (nSPS) is 15.6. The van der Waals surface area contributed by atoms with Gasteiger partial charge in [0.05, 0.1) is 12.1 Å². The number of aryl methyl sites for hydroxylation is 1. The molecule has 0 bridgehead atoms. The number of esters is 1. The number of ether oxygens (including phenoxy) is 2. The molecule has 0 amide bonds. The number of ketones is 1. The quantitative estimate of drug-likeness (QED) is 0.390. The maximum Gasteiger partial charge on any atom is 0.526 e. The fourth-order valence-corrected chi connectivity index (χ4v) is 3.74. The Bertz CT molecular complexity index is 813. The van der Waals surface area contributed by atoms with Crippen LogP contribution in [0.25, 0.3) is 0 Å². The summed E-state index contributed by atoms with van der Waals surface area (Å²) in [5.74, 6) is -0.480. The van der Waals surface area contributed by atoms with Crippen molar-refractivity contribution in [2.24, 2.45) is 0 Å². The molecule has 9 heteroatoms. The largest absolute Gasteiger partial charge is 0.535 e. The highest BCUT2D eigenvalue weighted by molar-refractivity contribution is 7.09. The van der Waals surface area contributed by atoms with Gasteiger partial charge < -0.3 is 19.2 Å². The van der Waals surface area contributed by atoms with Crippen LogP contribution in [0.15, 0.2) is 29.9 Å². The molecule has 0 saturated carbocycles. The van der Waals surface area contributed by atoms with E-state index in [1.54, 1.807) is 23.8 Å². The van der Waals surface area contributed by atoms with E-state index < -0.39 is 13.1 Å². The molecule has 0 radical (unpaired) electrons. The molecule has 0 fully saturated rings. The highest BCUT2D eigenvalue weighted by atomic mass is 32.1. The van der Waals surface area contributed by atoms with Crippen molar-refractivity contribution in [3.05, 3.63) is 45.9 Å². The monoisotopic (exact) mass is 403 g/mol. The molecule has 1 aromatic carbocycles. The summed E-state index contributed by atoms with van der Waals surface area (Å²) in [5.41, 5.74) is 2.79. The van der Waals surface area contributed by atoms with Gasteiger partial charge in [0.25, 0.3) is 0 Å². The first-order valence-corrected chi connectivity index (χ1v) is 9.98. The molecule has 7 nitrogen and oxygen atoms in total. The first-order chi connectivity index (χ1) is 13.6. The Morgan fingerprint density at radius 3 is 3.00 bits per heavy atom. The Labute approximate surface area is 167 Å². The number of carbonyl (C=O) groups is 2. The molecule has 1 N–H and O–H groups in total. The van der Waals surface area contributed by atoms with Gasteiger partial charge in [0.2, 0.25) is 0 Å². The van der Waals surface area contributed by atoms with Crippen LogP contribution < -0.4 is 4.65 Å². The molecule has 0 aliphatic carbocycles. The third kappa shape index (κ3) is 5.18. The molecule has 1 atom stereocenters. The smallest absolute Gasteiger partial charge is 0.526 e. The summed E-state index contributed by atoms with van der Waals surface area (Å²) in [6.07, 6.45) is 3.51. The summed E-state index contributed by atoms with van der Waals surface area (Å²) in [6, 6.07) is 5.18. The van der Waals surface area contributed by atoms with Gasteiger partial charge in [-0.15, -0.1) is 11.3 Å². The van der Waals surface area contributed by atoms with Gasteiger partial charge in [0, 0.05) is 36.8 Å². The van der Waals surface area contributed by atoms with Crippen molar-refractivity contribution in [3.63, 3.8) is 0 Å². The standard InChI is InChI=1S/C19H22BNO6S/c1-25-7-8-26-19(23)17-4-2-3-13-9-14(20(24)27-18(13)17)10-15(22)5-6-16-11-21-12-28-16/h2-4,11-12,14,24H,5-10H2,1H3/t14-/m1/s1. The van der Waals surface area contributed by atoms with Gasteiger partial charge in [-0.2, -0.15) is 0 Å². The van der Waals surface area contributed by atoms with E-state index >= 15 is 0 Å². The van der Waals surface area contributed by atoms with Crippen LogP contribution >= 0.6 is 11.3 Å². The zero-order valence-electron chi connectivity index (χ0n) is 15.6. The highest BCUT2D eigenvalue weighted by Crippen LogP contribution is 2.36. The van der Waals surface area contributed by atoms with E-state index in [0.29, 0.717) is 31.6 Å². The zero-order valence-corrected chi connectivity index (χ0v) is 16.4. The number of Topliss-reactive ketones (excluding diaryl/α,β-unsaturated/α-hetero) is 1. The Morgan fingerprint density at radius 1 is 1.39 bits per heavy atom. The molecule has 3 rings (SSSR count). The summed E-state index contributed by atoms with van der Waals surface area (Å²) >= 11 is 1.52. The van der Waals surface area contributed by atoms with E-state index in [2.05, 4.69) is 4.98 Å². The Hall–Kier alpha value is -2.23. The minimum absolute atomic E-state index is 0.0691. The number of nitrogens with zero attached hydrogens (tertiary/aromatic N) is 1. The third-order valence-corrected chi connectivity index (χ3v) is 5.42. The van der Waals surface area contributed by atoms with E-state index in [1.807, 2.05) is 6.07 Å².